The fourth-order valence-corrected chi connectivity index (χ4v) is 1.77. The molecular weight excluding hydrogens is 180 g/mol. The first-order valence-corrected chi connectivity index (χ1v) is 5.31. The summed E-state index contributed by atoms with van der Waals surface area (Å²) in [5.41, 5.74) is 5.75. The lowest BCUT2D eigenvalue weighted by molar-refractivity contribution is -0.126. The number of amides is 1. The van der Waals surface area contributed by atoms with Crippen LogP contribution in [-0.4, -0.2) is 29.7 Å². The molecule has 0 spiro atoms. The second-order valence-electron chi connectivity index (χ2n) is 4.21. The van der Waals surface area contributed by atoms with Crippen LogP contribution >= 0.6 is 0 Å². The lowest BCUT2D eigenvalue weighted by Gasteiger charge is -2.25. The van der Waals surface area contributed by atoms with Crippen molar-refractivity contribution in [3.8, 4) is 0 Å². The third-order valence-electron chi connectivity index (χ3n) is 2.71. The standard InChI is InChI=1S/C10H20N2O2/c1-7(13)6-12-10(14)8-2-4-9(11)5-3-8/h7-9,13H,2-6,11H2,1H3,(H,12,14)/t7-,8?,9?/m0/s1. The summed E-state index contributed by atoms with van der Waals surface area (Å²) in [4.78, 5) is 11.5. The van der Waals surface area contributed by atoms with Gasteiger partial charge in [-0.25, -0.2) is 0 Å². The average Bonchev–Trinajstić information content (AvgIpc) is 2.15. The van der Waals surface area contributed by atoms with Crippen LogP contribution in [0.5, 0.6) is 0 Å². The van der Waals surface area contributed by atoms with E-state index in [9.17, 15) is 4.79 Å². The normalized spacial score (nSPS) is 29.6. The molecule has 4 N–H and O–H groups in total. The molecule has 0 saturated heterocycles. The van der Waals surface area contributed by atoms with Gasteiger partial charge in [0.1, 0.15) is 0 Å². The third-order valence-corrected chi connectivity index (χ3v) is 2.71. The molecule has 1 fully saturated rings. The number of nitrogens with one attached hydrogen (secondary N) is 1. The van der Waals surface area contributed by atoms with Gasteiger partial charge in [0.2, 0.25) is 5.91 Å². The fourth-order valence-electron chi connectivity index (χ4n) is 1.77. The Hall–Kier alpha value is -0.610. The largest absolute Gasteiger partial charge is 0.392 e. The Morgan fingerprint density at radius 1 is 1.50 bits per heavy atom. The molecule has 4 heteroatoms. The van der Waals surface area contributed by atoms with E-state index in [-0.39, 0.29) is 17.9 Å². The minimum Gasteiger partial charge on any atom is -0.392 e. The van der Waals surface area contributed by atoms with Gasteiger partial charge in [0.25, 0.3) is 0 Å². The summed E-state index contributed by atoms with van der Waals surface area (Å²) in [6.07, 6.45) is 3.17. The molecule has 0 unspecified atom stereocenters. The van der Waals surface area contributed by atoms with Crippen molar-refractivity contribution >= 4 is 5.91 Å². The molecule has 0 heterocycles. The van der Waals surface area contributed by atoms with Crippen molar-refractivity contribution < 1.29 is 9.90 Å². The number of hydrogen-bond acceptors (Lipinski definition) is 3. The van der Waals surface area contributed by atoms with Crippen LogP contribution in [0.15, 0.2) is 0 Å². The summed E-state index contributed by atoms with van der Waals surface area (Å²) in [5, 5.41) is 11.7. The second kappa shape index (κ2) is 5.32. The van der Waals surface area contributed by atoms with E-state index >= 15 is 0 Å². The lowest BCUT2D eigenvalue weighted by atomic mass is 9.86. The van der Waals surface area contributed by atoms with Crippen molar-refractivity contribution in [1.82, 2.24) is 5.32 Å². The van der Waals surface area contributed by atoms with Crippen LogP contribution in [0.3, 0.4) is 0 Å². The summed E-state index contributed by atoms with van der Waals surface area (Å²) >= 11 is 0. The smallest absolute Gasteiger partial charge is 0.223 e. The minimum absolute atomic E-state index is 0.0674. The molecule has 0 aromatic carbocycles. The quantitative estimate of drug-likeness (QED) is 0.600. The van der Waals surface area contributed by atoms with Crippen molar-refractivity contribution in [1.29, 1.82) is 0 Å². The SMILES string of the molecule is C[C@H](O)CNC(=O)C1CCC(N)CC1. The highest BCUT2D eigenvalue weighted by Gasteiger charge is 2.24. The Bertz CT molecular complexity index is 187. The van der Waals surface area contributed by atoms with Crippen LogP contribution < -0.4 is 11.1 Å². The molecule has 1 amide bonds. The van der Waals surface area contributed by atoms with E-state index in [1.165, 1.54) is 0 Å². The summed E-state index contributed by atoms with van der Waals surface area (Å²) < 4.78 is 0. The van der Waals surface area contributed by atoms with Gasteiger partial charge in [-0.2, -0.15) is 0 Å². The molecule has 0 bridgehead atoms. The maximum Gasteiger partial charge on any atom is 0.223 e. The molecule has 1 rings (SSSR count). The van der Waals surface area contributed by atoms with E-state index in [4.69, 9.17) is 10.8 Å². The highest BCUT2D eigenvalue weighted by atomic mass is 16.3. The van der Waals surface area contributed by atoms with Gasteiger partial charge >= 0.3 is 0 Å². The van der Waals surface area contributed by atoms with Gasteiger partial charge in [-0.15, -0.1) is 0 Å². The molecule has 1 atom stereocenters. The van der Waals surface area contributed by atoms with Crippen LogP contribution in [0.2, 0.25) is 0 Å². The Morgan fingerprint density at radius 2 is 2.07 bits per heavy atom. The predicted octanol–water partition coefficient (Wildman–Crippen LogP) is 0.000900. The van der Waals surface area contributed by atoms with Crippen LogP contribution in [0, 0.1) is 5.92 Å². The van der Waals surface area contributed by atoms with Gasteiger partial charge < -0.3 is 16.2 Å². The van der Waals surface area contributed by atoms with Crippen LogP contribution in [-0.2, 0) is 4.79 Å². The van der Waals surface area contributed by atoms with Gasteiger partial charge in [0.15, 0.2) is 0 Å². The van der Waals surface area contributed by atoms with Crippen LogP contribution in [0.4, 0.5) is 0 Å². The summed E-state index contributed by atoms with van der Waals surface area (Å²) in [5.74, 6) is 0.173. The van der Waals surface area contributed by atoms with Gasteiger partial charge in [0, 0.05) is 18.5 Å². The molecule has 82 valence electrons. The zero-order valence-electron chi connectivity index (χ0n) is 8.70. The monoisotopic (exact) mass is 200 g/mol. The average molecular weight is 200 g/mol. The van der Waals surface area contributed by atoms with Crippen molar-refractivity contribution in [2.24, 2.45) is 11.7 Å². The molecule has 14 heavy (non-hydrogen) atoms. The zero-order chi connectivity index (χ0) is 10.6. The van der Waals surface area contributed by atoms with Crippen LogP contribution in [0.25, 0.3) is 0 Å². The van der Waals surface area contributed by atoms with Gasteiger partial charge in [-0.05, 0) is 32.6 Å². The molecule has 0 radical (unpaired) electrons. The summed E-state index contributed by atoms with van der Waals surface area (Å²) in [6.45, 7) is 2.01. The van der Waals surface area contributed by atoms with E-state index < -0.39 is 6.10 Å². The summed E-state index contributed by atoms with van der Waals surface area (Å²) in [7, 11) is 0. The van der Waals surface area contributed by atoms with Crippen molar-refractivity contribution in [3.05, 3.63) is 0 Å². The number of carbonyl (C=O) groups excluding carboxylic acids is 1. The topological polar surface area (TPSA) is 75.3 Å². The maximum atomic E-state index is 11.5. The first-order valence-electron chi connectivity index (χ1n) is 5.31. The zero-order valence-corrected chi connectivity index (χ0v) is 8.70. The Labute approximate surface area is 84.9 Å². The number of aliphatic hydroxyl groups excluding tert-OH is 1. The molecule has 4 nitrogen and oxygen atoms in total. The molecule has 1 aliphatic rings. The fraction of sp³-hybridized carbons (Fsp3) is 0.900. The van der Waals surface area contributed by atoms with Gasteiger partial charge in [-0.1, -0.05) is 0 Å². The molecule has 0 aromatic heterocycles. The number of hydrogen-bond donors (Lipinski definition) is 3. The maximum absolute atomic E-state index is 11.5. The second-order valence-corrected chi connectivity index (χ2v) is 4.21. The number of aliphatic hydroxyl groups is 1. The molecule has 1 aliphatic carbocycles. The molecule has 1 saturated carbocycles. The van der Waals surface area contributed by atoms with Gasteiger partial charge in [0.05, 0.1) is 6.10 Å². The molecular formula is C10H20N2O2. The van der Waals surface area contributed by atoms with Gasteiger partial charge in [-0.3, -0.25) is 4.79 Å². The van der Waals surface area contributed by atoms with Crippen molar-refractivity contribution in [3.63, 3.8) is 0 Å². The summed E-state index contributed by atoms with van der Waals surface area (Å²) in [6, 6.07) is 0.274. The third kappa shape index (κ3) is 3.64. The highest BCUT2D eigenvalue weighted by molar-refractivity contribution is 5.78. The van der Waals surface area contributed by atoms with E-state index in [0.29, 0.717) is 6.54 Å². The first kappa shape index (κ1) is 11.5. The number of nitrogens with two attached hydrogens (primary N) is 1. The van der Waals surface area contributed by atoms with Crippen molar-refractivity contribution in [2.45, 2.75) is 44.8 Å². The predicted molar refractivity (Wildman–Crippen MR) is 54.6 cm³/mol. The van der Waals surface area contributed by atoms with Crippen LogP contribution in [0.1, 0.15) is 32.6 Å². The minimum atomic E-state index is -0.468. The lowest BCUT2D eigenvalue weighted by Crippen LogP contribution is -2.38. The molecule has 0 aromatic rings. The van der Waals surface area contributed by atoms with E-state index in [1.807, 2.05) is 0 Å². The van der Waals surface area contributed by atoms with E-state index in [2.05, 4.69) is 5.32 Å². The Morgan fingerprint density at radius 3 is 2.57 bits per heavy atom. The van der Waals surface area contributed by atoms with E-state index in [1.54, 1.807) is 6.92 Å². The Balaban J connectivity index is 2.24. The number of rotatable bonds is 3. The first-order chi connectivity index (χ1) is 6.59. The highest BCUT2D eigenvalue weighted by Crippen LogP contribution is 2.22. The van der Waals surface area contributed by atoms with E-state index in [0.717, 1.165) is 25.7 Å². The number of carbonyl (C=O) groups is 1. The van der Waals surface area contributed by atoms with Crippen molar-refractivity contribution in [2.75, 3.05) is 6.54 Å². The Kier molecular flexibility index (Phi) is 4.35. The molecule has 0 aliphatic heterocycles.